The van der Waals surface area contributed by atoms with Crippen molar-refractivity contribution in [2.45, 2.75) is 20.1 Å². The first-order valence-corrected chi connectivity index (χ1v) is 8.94. The molecule has 0 spiro atoms. The van der Waals surface area contributed by atoms with E-state index >= 15 is 0 Å². The van der Waals surface area contributed by atoms with Crippen molar-refractivity contribution in [2.75, 3.05) is 5.73 Å². The molecule has 0 aliphatic carbocycles. The highest BCUT2D eigenvalue weighted by Gasteiger charge is 2.14. The number of aryl methyl sites for hydroxylation is 2. The molecule has 7 nitrogen and oxygen atoms in total. The van der Waals surface area contributed by atoms with Crippen LogP contribution in [0.5, 0.6) is 11.5 Å². The van der Waals surface area contributed by atoms with Crippen molar-refractivity contribution in [3.8, 4) is 11.5 Å². The number of nitrogens with two attached hydrogens (primary N) is 1. The quantitative estimate of drug-likeness (QED) is 0.556. The second-order valence-electron chi connectivity index (χ2n) is 6.52. The third kappa shape index (κ3) is 3.59. The van der Waals surface area contributed by atoms with Gasteiger partial charge in [-0.1, -0.05) is 36.4 Å². The monoisotopic (exact) mass is 375 g/mol. The zero-order chi connectivity index (χ0) is 19.5. The van der Waals surface area contributed by atoms with Gasteiger partial charge in [-0.2, -0.15) is 5.10 Å². The molecular formula is C21H21N5O2. The van der Waals surface area contributed by atoms with E-state index in [1.54, 1.807) is 4.68 Å². The molecule has 0 radical (unpaired) electrons. The average molecular weight is 375 g/mol. The predicted octanol–water partition coefficient (Wildman–Crippen LogP) is 3.41. The van der Waals surface area contributed by atoms with Crippen LogP contribution in [-0.4, -0.2) is 19.7 Å². The highest BCUT2D eigenvalue weighted by Crippen LogP contribution is 2.27. The Bertz CT molecular complexity index is 1110. The van der Waals surface area contributed by atoms with Crippen molar-refractivity contribution in [1.29, 1.82) is 0 Å². The number of nitrogen functional groups attached to an aromatic ring is 1. The fraction of sp³-hybridized carbons (Fsp3) is 0.190. The van der Waals surface area contributed by atoms with Gasteiger partial charge in [0.25, 0.3) is 0 Å². The van der Waals surface area contributed by atoms with Crippen LogP contribution in [-0.2, 0) is 20.3 Å². The summed E-state index contributed by atoms with van der Waals surface area (Å²) in [7, 11) is 1.82. The summed E-state index contributed by atoms with van der Waals surface area (Å²) in [5.41, 5.74) is 9.51. The minimum Gasteiger partial charge on any atom is -0.489 e. The molecule has 2 aromatic heterocycles. The van der Waals surface area contributed by atoms with Crippen molar-refractivity contribution in [3.63, 3.8) is 0 Å². The number of fused-ring (bicyclic) bond motifs is 1. The molecule has 7 heteroatoms. The lowest BCUT2D eigenvalue weighted by Gasteiger charge is -2.12. The number of ether oxygens (including phenoxy) is 2. The zero-order valence-electron chi connectivity index (χ0n) is 15.8. The maximum atomic E-state index is 6.03. The number of anilines is 1. The molecule has 0 atom stereocenters. The molecule has 0 saturated carbocycles. The smallest absolute Gasteiger partial charge is 0.163 e. The van der Waals surface area contributed by atoms with Crippen molar-refractivity contribution >= 4 is 16.9 Å². The molecule has 0 saturated heterocycles. The van der Waals surface area contributed by atoms with Gasteiger partial charge < -0.3 is 15.2 Å². The Hall–Kier alpha value is -3.61. The Morgan fingerprint density at radius 2 is 1.82 bits per heavy atom. The highest BCUT2D eigenvalue weighted by atomic mass is 16.5. The number of aromatic nitrogens is 4. The Balaban J connectivity index is 1.51. The third-order valence-electron chi connectivity index (χ3n) is 4.49. The lowest BCUT2D eigenvalue weighted by Crippen LogP contribution is -2.01. The average Bonchev–Trinajstić information content (AvgIpc) is 3.04. The minimum atomic E-state index is 0.262. The third-order valence-corrected chi connectivity index (χ3v) is 4.49. The first kappa shape index (κ1) is 17.8. The van der Waals surface area contributed by atoms with E-state index in [1.165, 1.54) is 6.33 Å². The van der Waals surface area contributed by atoms with E-state index in [-0.39, 0.29) is 6.61 Å². The summed E-state index contributed by atoms with van der Waals surface area (Å²) < 4.78 is 13.6. The van der Waals surface area contributed by atoms with Gasteiger partial charge in [0.15, 0.2) is 5.65 Å². The van der Waals surface area contributed by atoms with Crippen LogP contribution in [0.4, 0.5) is 5.82 Å². The van der Waals surface area contributed by atoms with E-state index < -0.39 is 0 Å². The summed E-state index contributed by atoms with van der Waals surface area (Å²) in [6, 6.07) is 15.8. The summed E-state index contributed by atoms with van der Waals surface area (Å²) >= 11 is 0. The first-order valence-electron chi connectivity index (χ1n) is 8.94. The fourth-order valence-electron chi connectivity index (χ4n) is 3.00. The molecule has 0 amide bonds. The topological polar surface area (TPSA) is 88.1 Å². The van der Waals surface area contributed by atoms with Crippen LogP contribution >= 0.6 is 0 Å². The van der Waals surface area contributed by atoms with Crippen molar-refractivity contribution in [1.82, 2.24) is 19.7 Å². The van der Waals surface area contributed by atoms with Crippen molar-refractivity contribution < 1.29 is 9.47 Å². The van der Waals surface area contributed by atoms with Crippen molar-refractivity contribution in [3.05, 3.63) is 71.7 Å². The molecule has 0 aliphatic rings. The van der Waals surface area contributed by atoms with E-state index in [0.29, 0.717) is 23.8 Å². The molecule has 4 aromatic rings. The van der Waals surface area contributed by atoms with Gasteiger partial charge in [0, 0.05) is 13.1 Å². The van der Waals surface area contributed by atoms with E-state index in [0.717, 1.165) is 28.0 Å². The SMILES string of the molecule is Cc1ccc(OCc2ccccc2)cc1OCc1nn(C)c2ncnc(N)c12. The summed E-state index contributed by atoms with van der Waals surface area (Å²) in [4.78, 5) is 8.29. The second-order valence-corrected chi connectivity index (χ2v) is 6.52. The predicted molar refractivity (Wildman–Crippen MR) is 107 cm³/mol. The largest absolute Gasteiger partial charge is 0.489 e. The lowest BCUT2D eigenvalue weighted by molar-refractivity contribution is 0.286. The van der Waals surface area contributed by atoms with Gasteiger partial charge in [0.1, 0.15) is 42.6 Å². The van der Waals surface area contributed by atoms with E-state index in [2.05, 4.69) is 15.1 Å². The van der Waals surface area contributed by atoms with Gasteiger partial charge in [0.2, 0.25) is 0 Å². The molecule has 0 unspecified atom stereocenters. The molecule has 2 N–H and O–H groups in total. The molecule has 0 fully saturated rings. The number of nitrogens with zero attached hydrogens (tertiary/aromatic N) is 4. The second kappa shape index (κ2) is 7.56. The Morgan fingerprint density at radius 1 is 1.00 bits per heavy atom. The van der Waals surface area contributed by atoms with Crippen molar-refractivity contribution in [2.24, 2.45) is 7.05 Å². The van der Waals surface area contributed by atoms with Gasteiger partial charge in [-0.25, -0.2) is 14.6 Å². The normalized spacial score (nSPS) is 10.9. The van der Waals surface area contributed by atoms with Crippen LogP contribution in [0.1, 0.15) is 16.8 Å². The minimum absolute atomic E-state index is 0.262. The number of hydrogen-bond donors (Lipinski definition) is 1. The Kier molecular flexibility index (Phi) is 4.80. The molecular weight excluding hydrogens is 354 g/mol. The maximum absolute atomic E-state index is 6.03. The van der Waals surface area contributed by atoms with E-state index in [9.17, 15) is 0 Å². The number of hydrogen-bond acceptors (Lipinski definition) is 6. The molecule has 0 aliphatic heterocycles. The van der Waals surface area contributed by atoms with Gasteiger partial charge in [0.05, 0.1) is 5.39 Å². The zero-order valence-corrected chi connectivity index (χ0v) is 15.8. The maximum Gasteiger partial charge on any atom is 0.163 e. The number of rotatable bonds is 6. The molecule has 142 valence electrons. The molecule has 0 bridgehead atoms. The standard InChI is InChI=1S/C21H21N5O2/c1-14-8-9-16(27-11-15-6-4-3-5-7-15)10-18(14)28-12-17-19-20(22)23-13-24-21(19)26(2)25-17/h3-10,13H,11-12H2,1-2H3,(H2,22,23,24). The first-order chi connectivity index (χ1) is 13.6. The summed E-state index contributed by atoms with van der Waals surface area (Å²) in [6.07, 6.45) is 1.43. The van der Waals surface area contributed by atoms with Crippen LogP contribution in [0.25, 0.3) is 11.0 Å². The van der Waals surface area contributed by atoms with E-state index in [4.69, 9.17) is 15.2 Å². The van der Waals surface area contributed by atoms with Crippen LogP contribution in [0.15, 0.2) is 54.9 Å². The van der Waals surface area contributed by atoms with Gasteiger partial charge in [-0.3, -0.25) is 0 Å². The molecule has 28 heavy (non-hydrogen) atoms. The van der Waals surface area contributed by atoms with Crippen LogP contribution in [0.3, 0.4) is 0 Å². The van der Waals surface area contributed by atoms with Gasteiger partial charge in [-0.15, -0.1) is 0 Å². The van der Waals surface area contributed by atoms with Crippen LogP contribution in [0.2, 0.25) is 0 Å². The Labute approximate surface area is 162 Å². The Morgan fingerprint density at radius 3 is 2.64 bits per heavy atom. The summed E-state index contributed by atoms with van der Waals surface area (Å²) in [5.74, 6) is 1.88. The molecule has 2 aromatic carbocycles. The van der Waals surface area contributed by atoms with E-state index in [1.807, 2.05) is 62.5 Å². The molecule has 4 rings (SSSR count). The summed E-state index contributed by atoms with van der Waals surface area (Å²) in [6.45, 7) is 2.75. The lowest BCUT2D eigenvalue weighted by atomic mass is 10.2. The van der Waals surface area contributed by atoms with Crippen LogP contribution in [0, 0.1) is 6.92 Å². The summed E-state index contributed by atoms with van der Waals surface area (Å²) in [5, 5.41) is 5.19. The van der Waals surface area contributed by atoms with Gasteiger partial charge in [-0.05, 0) is 24.1 Å². The van der Waals surface area contributed by atoms with Crippen LogP contribution < -0.4 is 15.2 Å². The highest BCUT2D eigenvalue weighted by molar-refractivity contribution is 5.87. The van der Waals surface area contributed by atoms with Gasteiger partial charge >= 0.3 is 0 Å². The number of benzene rings is 2. The fourth-order valence-corrected chi connectivity index (χ4v) is 3.00. The molecule has 2 heterocycles.